The Hall–Kier alpha value is -4.20. The van der Waals surface area contributed by atoms with Gasteiger partial charge >= 0.3 is 11.7 Å². The SMILES string of the molecule is CC1=CC(=C2C=C(C)C(=NC(O)=C3N(C)C=CN3C)C(C)=C2)C=C(C)C1=NC(=O)c1n(C)cc[n+]1C. The highest BCUT2D eigenvalue weighted by molar-refractivity contribution is 6.19. The molecule has 3 aliphatic rings. The highest BCUT2D eigenvalue weighted by Gasteiger charge is 2.24. The summed E-state index contributed by atoms with van der Waals surface area (Å²) in [5.74, 6) is 0.844. The van der Waals surface area contributed by atoms with E-state index in [1.54, 1.807) is 9.13 Å². The van der Waals surface area contributed by atoms with Crippen molar-refractivity contribution >= 4 is 17.3 Å². The smallest absolute Gasteiger partial charge is 0.360 e. The average molecular weight is 486 g/mol. The molecule has 0 unspecified atom stereocenters. The Morgan fingerprint density at radius 2 is 1.25 bits per heavy atom. The lowest BCUT2D eigenvalue weighted by Gasteiger charge is -2.21. The van der Waals surface area contributed by atoms with E-state index in [9.17, 15) is 9.90 Å². The van der Waals surface area contributed by atoms with E-state index in [0.29, 0.717) is 17.4 Å². The third kappa shape index (κ3) is 4.54. The van der Waals surface area contributed by atoms with Crippen LogP contribution in [-0.4, -0.2) is 50.9 Å². The van der Waals surface area contributed by atoms with Gasteiger partial charge < -0.3 is 14.9 Å². The van der Waals surface area contributed by atoms with Crippen LogP contribution in [0.2, 0.25) is 0 Å². The number of aliphatic hydroxyl groups is 1. The number of aryl methyl sites for hydroxylation is 2. The van der Waals surface area contributed by atoms with Gasteiger partial charge in [0.15, 0.2) is 5.82 Å². The molecule has 0 bridgehead atoms. The molecule has 1 aromatic rings. The van der Waals surface area contributed by atoms with Gasteiger partial charge in [-0.2, -0.15) is 0 Å². The summed E-state index contributed by atoms with van der Waals surface area (Å²) in [4.78, 5) is 25.5. The van der Waals surface area contributed by atoms with E-state index in [1.165, 1.54) is 0 Å². The molecule has 2 heterocycles. The predicted octanol–water partition coefficient (Wildman–Crippen LogP) is 4.01. The Labute approximate surface area is 212 Å². The Morgan fingerprint density at radius 1 is 0.806 bits per heavy atom. The van der Waals surface area contributed by atoms with Gasteiger partial charge in [-0.1, -0.05) is 0 Å². The van der Waals surface area contributed by atoms with Crippen LogP contribution in [0.3, 0.4) is 0 Å². The van der Waals surface area contributed by atoms with Gasteiger partial charge in [0.2, 0.25) is 0 Å². The molecule has 1 amide bonds. The summed E-state index contributed by atoms with van der Waals surface area (Å²) in [6, 6.07) is 0. The van der Waals surface area contributed by atoms with Crippen molar-refractivity contribution in [3.8, 4) is 0 Å². The number of allylic oxidation sites excluding steroid dienone is 10. The molecule has 0 fully saturated rings. The lowest BCUT2D eigenvalue weighted by atomic mass is 9.87. The lowest BCUT2D eigenvalue weighted by molar-refractivity contribution is -0.672. The molecule has 0 aromatic carbocycles. The second kappa shape index (κ2) is 9.45. The molecule has 36 heavy (non-hydrogen) atoms. The third-order valence-electron chi connectivity index (χ3n) is 6.50. The van der Waals surface area contributed by atoms with E-state index >= 15 is 0 Å². The molecule has 8 nitrogen and oxygen atoms in total. The van der Waals surface area contributed by atoms with E-state index in [4.69, 9.17) is 0 Å². The summed E-state index contributed by atoms with van der Waals surface area (Å²) in [7, 11) is 7.42. The van der Waals surface area contributed by atoms with Gasteiger partial charge in [0.1, 0.15) is 12.4 Å². The van der Waals surface area contributed by atoms with Crippen molar-refractivity contribution in [3.63, 3.8) is 0 Å². The number of rotatable bonds is 2. The number of aromatic nitrogens is 2. The van der Waals surface area contributed by atoms with Crippen molar-refractivity contribution in [1.29, 1.82) is 0 Å². The van der Waals surface area contributed by atoms with E-state index in [1.807, 2.05) is 90.5 Å². The quantitative estimate of drug-likeness (QED) is 0.507. The maximum Gasteiger partial charge on any atom is 0.360 e. The zero-order valence-corrected chi connectivity index (χ0v) is 22.2. The molecular weight excluding hydrogens is 452 g/mol. The van der Waals surface area contributed by atoms with Gasteiger partial charge in [0, 0.05) is 26.5 Å². The first kappa shape index (κ1) is 24.9. The van der Waals surface area contributed by atoms with E-state index in [0.717, 1.165) is 39.2 Å². The molecular formula is C28H33N6O2+. The molecule has 8 heteroatoms. The molecule has 0 saturated carbocycles. The minimum Gasteiger partial charge on any atom is -0.491 e. The number of hydrogen-bond donors (Lipinski definition) is 1. The summed E-state index contributed by atoms with van der Waals surface area (Å²) in [6.45, 7) is 7.94. The van der Waals surface area contributed by atoms with Crippen LogP contribution in [0.25, 0.3) is 0 Å². The van der Waals surface area contributed by atoms with Crippen molar-refractivity contribution in [2.75, 3.05) is 14.1 Å². The maximum absolute atomic E-state index is 12.9. The van der Waals surface area contributed by atoms with Gasteiger partial charge in [-0.3, -0.25) is 4.79 Å². The number of carbonyl (C=O) groups excluding carboxylic acids is 1. The molecule has 2 aliphatic carbocycles. The van der Waals surface area contributed by atoms with Crippen molar-refractivity contribution in [1.82, 2.24) is 14.4 Å². The highest BCUT2D eigenvalue weighted by Crippen LogP contribution is 2.29. The summed E-state index contributed by atoms with van der Waals surface area (Å²) >= 11 is 0. The molecule has 1 N–H and O–H groups in total. The molecule has 4 rings (SSSR count). The Morgan fingerprint density at radius 3 is 1.67 bits per heavy atom. The van der Waals surface area contributed by atoms with Crippen LogP contribution in [0, 0.1) is 0 Å². The van der Waals surface area contributed by atoms with Gasteiger partial charge in [0.05, 0.1) is 25.5 Å². The maximum atomic E-state index is 12.9. The highest BCUT2D eigenvalue weighted by atomic mass is 16.3. The number of nitrogens with zero attached hydrogens (tertiary/aromatic N) is 6. The van der Waals surface area contributed by atoms with Crippen LogP contribution in [0.4, 0.5) is 0 Å². The van der Waals surface area contributed by atoms with Crippen molar-refractivity contribution < 1.29 is 14.5 Å². The first-order valence-electron chi connectivity index (χ1n) is 11.8. The Kier molecular flexibility index (Phi) is 6.54. The zero-order valence-electron chi connectivity index (χ0n) is 22.2. The molecule has 0 radical (unpaired) electrons. The van der Waals surface area contributed by atoms with Gasteiger partial charge in [-0.25, -0.2) is 19.1 Å². The third-order valence-corrected chi connectivity index (χ3v) is 6.50. The summed E-state index contributed by atoms with van der Waals surface area (Å²) in [5, 5.41) is 10.7. The van der Waals surface area contributed by atoms with Crippen LogP contribution in [0.15, 0.2) is 104 Å². The van der Waals surface area contributed by atoms with E-state index < -0.39 is 0 Å². The zero-order chi connectivity index (χ0) is 26.3. The van der Waals surface area contributed by atoms with Crippen LogP contribution >= 0.6 is 0 Å². The van der Waals surface area contributed by atoms with Crippen molar-refractivity contribution in [2.45, 2.75) is 27.7 Å². The molecule has 0 atom stereocenters. The van der Waals surface area contributed by atoms with Crippen molar-refractivity contribution in [3.05, 3.63) is 100 Å². The fourth-order valence-electron chi connectivity index (χ4n) is 4.70. The summed E-state index contributed by atoms with van der Waals surface area (Å²) in [6.07, 6.45) is 15.7. The topological polar surface area (TPSA) is 77.3 Å². The van der Waals surface area contributed by atoms with Crippen molar-refractivity contribution in [2.24, 2.45) is 24.1 Å². The minimum absolute atomic E-state index is 0.0297. The molecule has 186 valence electrons. The molecule has 1 aliphatic heterocycles. The molecule has 1 aromatic heterocycles. The predicted molar refractivity (Wildman–Crippen MR) is 142 cm³/mol. The van der Waals surface area contributed by atoms with Crippen LogP contribution in [0.1, 0.15) is 38.3 Å². The first-order chi connectivity index (χ1) is 17.0. The molecule has 0 saturated heterocycles. The monoisotopic (exact) mass is 485 g/mol. The average Bonchev–Trinajstić information content (AvgIpc) is 3.32. The van der Waals surface area contributed by atoms with Crippen LogP contribution in [0.5, 0.6) is 0 Å². The number of amides is 1. The largest absolute Gasteiger partial charge is 0.491 e. The number of aliphatic hydroxyl groups excluding tert-OH is 1. The second-order valence-electron chi connectivity index (χ2n) is 9.46. The lowest BCUT2D eigenvalue weighted by Crippen LogP contribution is -2.34. The fourth-order valence-corrected chi connectivity index (χ4v) is 4.70. The fraction of sp³-hybridized carbons (Fsp3) is 0.286. The second-order valence-corrected chi connectivity index (χ2v) is 9.46. The Bertz CT molecular complexity index is 1350. The van der Waals surface area contributed by atoms with Gasteiger partial charge in [-0.05, 0) is 85.4 Å². The number of carbonyl (C=O) groups is 1. The summed E-state index contributed by atoms with van der Waals surface area (Å²) < 4.78 is 3.55. The van der Waals surface area contributed by atoms with Gasteiger partial charge in [0.25, 0.3) is 5.88 Å². The van der Waals surface area contributed by atoms with Gasteiger partial charge in [-0.15, -0.1) is 0 Å². The van der Waals surface area contributed by atoms with E-state index in [-0.39, 0.29) is 11.8 Å². The molecule has 0 spiro atoms. The summed E-state index contributed by atoms with van der Waals surface area (Å²) in [5.41, 5.74) is 7.32. The number of hydrogen-bond acceptors (Lipinski definition) is 5. The standard InChI is InChI=1S/C28H32N6O2/c1-17-13-21(14-18(2)23(17)29-25(35)27-31(5)9-10-32(27)6)22-15-19(3)24(20(4)16-22)30-26(36)28-33(7)11-12-34(28)8/h9-16H,1-8H3/p+1. The Balaban J connectivity index is 1.67. The number of aliphatic imine (C=N–C) groups is 2. The van der Waals surface area contributed by atoms with E-state index in [2.05, 4.69) is 34.3 Å². The first-order valence-corrected chi connectivity index (χ1v) is 11.8. The van der Waals surface area contributed by atoms with Crippen LogP contribution < -0.4 is 4.57 Å². The number of imidazole rings is 1. The normalized spacial score (nSPS) is 17.8. The van der Waals surface area contributed by atoms with Crippen LogP contribution in [-0.2, 0) is 14.1 Å². The minimum atomic E-state index is -0.274.